The fourth-order valence-corrected chi connectivity index (χ4v) is 4.22. The number of fused-ring (bicyclic) bond motifs is 1. The van der Waals surface area contributed by atoms with Crippen LogP contribution in [0.25, 0.3) is 21.3 Å². The van der Waals surface area contributed by atoms with E-state index in [4.69, 9.17) is 21.1 Å². The molecule has 1 N–H and O–H groups in total. The number of amides is 1. The van der Waals surface area contributed by atoms with Crippen LogP contribution in [-0.2, 0) is 11.3 Å². The van der Waals surface area contributed by atoms with E-state index in [1.807, 2.05) is 17.5 Å². The van der Waals surface area contributed by atoms with E-state index in [0.29, 0.717) is 32.4 Å². The second-order valence-electron chi connectivity index (χ2n) is 6.63. The molecule has 1 amide bonds. The zero-order valence-electron chi connectivity index (χ0n) is 16.7. The number of aromatic nitrogens is 2. The molecule has 2 heterocycles. The van der Waals surface area contributed by atoms with Gasteiger partial charge in [-0.3, -0.25) is 14.2 Å². The van der Waals surface area contributed by atoms with Gasteiger partial charge in [-0.15, -0.1) is 11.3 Å². The highest BCUT2D eigenvalue weighted by Crippen LogP contribution is 2.31. The molecule has 2 aromatic carbocycles. The largest absolute Gasteiger partial charge is 0.493 e. The summed E-state index contributed by atoms with van der Waals surface area (Å²) in [5, 5.41) is 5.75. The van der Waals surface area contributed by atoms with Gasteiger partial charge in [0.15, 0.2) is 11.5 Å². The van der Waals surface area contributed by atoms with Crippen LogP contribution in [0.3, 0.4) is 0 Å². The molecule has 0 spiro atoms. The van der Waals surface area contributed by atoms with Crippen molar-refractivity contribution in [3.8, 4) is 22.6 Å². The van der Waals surface area contributed by atoms with Gasteiger partial charge in [0.25, 0.3) is 5.56 Å². The molecule has 31 heavy (non-hydrogen) atoms. The standard InChI is InChI=1S/C22H18ClN3O4S/c1-29-17-8-7-15(9-18(17)30-2)25-19(27)10-26-12-24-21-20(22(26)28)16(11-31-21)13-3-5-14(23)6-4-13/h3-9,11-12H,10H2,1-2H3,(H,25,27). The molecule has 4 aromatic rings. The van der Waals surface area contributed by atoms with Gasteiger partial charge >= 0.3 is 0 Å². The fourth-order valence-electron chi connectivity index (χ4n) is 3.19. The number of carbonyl (C=O) groups excluding carboxylic acids is 1. The second kappa shape index (κ2) is 8.79. The Kier molecular flexibility index (Phi) is 5.92. The summed E-state index contributed by atoms with van der Waals surface area (Å²) in [4.78, 5) is 30.7. The number of hydrogen-bond acceptors (Lipinski definition) is 6. The Morgan fingerprint density at radius 2 is 1.87 bits per heavy atom. The van der Waals surface area contributed by atoms with Gasteiger partial charge < -0.3 is 14.8 Å². The third kappa shape index (κ3) is 4.26. The molecule has 2 aromatic heterocycles. The Morgan fingerprint density at radius 1 is 1.13 bits per heavy atom. The van der Waals surface area contributed by atoms with E-state index in [0.717, 1.165) is 11.1 Å². The number of rotatable bonds is 6. The summed E-state index contributed by atoms with van der Waals surface area (Å²) in [5.41, 5.74) is 1.88. The summed E-state index contributed by atoms with van der Waals surface area (Å²) >= 11 is 7.35. The van der Waals surface area contributed by atoms with Crippen LogP contribution < -0.4 is 20.3 Å². The highest BCUT2D eigenvalue weighted by molar-refractivity contribution is 7.17. The average molecular weight is 456 g/mol. The summed E-state index contributed by atoms with van der Waals surface area (Å²) in [6.07, 6.45) is 1.39. The van der Waals surface area contributed by atoms with Crippen molar-refractivity contribution in [3.63, 3.8) is 0 Å². The number of nitrogens with zero attached hydrogens (tertiary/aromatic N) is 2. The van der Waals surface area contributed by atoms with Crippen LogP contribution in [0.4, 0.5) is 5.69 Å². The first-order chi connectivity index (χ1) is 15.0. The molecule has 7 nitrogen and oxygen atoms in total. The topological polar surface area (TPSA) is 82.5 Å². The number of thiophene rings is 1. The lowest BCUT2D eigenvalue weighted by Crippen LogP contribution is -2.27. The van der Waals surface area contributed by atoms with Crippen molar-refractivity contribution in [2.45, 2.75) is 6.54 Å². The summed E-state index contributed by atoms with van der Waals surface area (Å²) < 4.78 is 11.7. The van der Waals surface area contributed by atoms with Crippen molar-refractivity contribution in [3.05, 3.63) is 69.5 Å². The average Bonchev–Trinajstić information content (AvgIpc) is 3.21. The maximum absolute atomic E-state index is 13.1. The molecule has 0 radical (unpaired) electrons. The lowest BCUT2D eigenvalue weighted by Gasteiger charge is -2.11. The highest BCUT2D eigenvalue weighted by atomic mass is 35.5. The minimum Gasteiger partial charge on any atom is -0.493 e. The lowest BCUT2D eigenvalue weighted by molar-refractivity contribution is -0.116. The molecule has 0 aliphatic heterocycles. The normalized spacial score (nSPS) is 10.8. The summed E-state index contributed by atoms with van der Waals surface area (Å²) in [7, 11) is 3.05. The zero-order valence-corrected chi connectivity index (χ0v) is 18.3. The molecule has 0 atom stereocenters. The fraction of sp³-hybridized carbons (Fsp3) is 0.136. The van der Waals surface area contributed by atoms with Gasteiger partial charge in [-0.25, -0.2) is 4.98 Å². The number of hydrogen-bond donors (Lipinski definition) is 1. The van der Waals surface area contributed by atoms with E-state index in [-0.39, 0.29) is 18.0 Å². The van der Waals surface area contributed by atoms with Crippen molar-refractivity contribution >= 4 is 44.7 Å². The monoisotopic (exact) mass is 455 g/mol. The number of anilines is 1. The molecule has 4 rings (SSSR count). The summed E-state index contributed by atoms with van der Waals surface area (Å²) in [5.74, 6) is 0.684. The molecule has 0 unspecified atom stereocenters. The zero-order chi connectivity index (χ0) is 22.0. The molecule has 0 aliphatic rings. The lowest BCUT2D eigenvalue weighted by atomic mass is 10.1. The van der Waals surface area contributed by atoms with Crippen molar-refractivity contribution in [2.24, 2.45) is 0 Å². The molecule has 158 valence electrons. The minimum absolute atomic E-state index is 0.175. The van der Waals surface area contributed by atoms with Gasteiger partial charge in [-0.1, -0.05) is 23.7 Å². The van der Waals surface area contributed by atoms with Crippen LogP contribution in [0.1, 0.15) is 0 Å². The van der Waals surface area contributed by atoms with Crippen LogP contribution in [0.15, 0.2) is 59.0 Å². The maximum Gasteiger partial charge on any atom is 0.263 e. The molecule has 0 bridgehead atoms. The van der Waals surface area contributed by atoms with Gasteiger partial charge in [0.05, 0.1) is 25.9 Å². The Bertz CT molecular complexity index is 1310. The third-order valence-electron chi connectivity index (χ3n) is 4.70. The molecular formula is C22H18ClN3O4S. The molecule has 0 aliphatic carbocycles. The van der Waals surface area contributed by atoms with Crippen LogP contribution >= 0.6 is 22.9 Å². The minimum atomic E-state index is -0.362. The number of methoxy groups -OCH3 is 2. The number of benzene rings is 2. The van der Waals surface area contributed by atoms with Gasteiger partial charge in [-0.2, -0.15) is 0 Å². The van der Waals surface area contributed by atoms with E-state index in [1.54, 1.807) is 30.3 Å². The summed E-state index contributed by atoms with van der Waals surface area (Å²) in [6.45, 7) is -0.175. The number of halogens is 1. The molecule has 0 saturated carbocycles. The first kappa shape index (κ1) is 20.9. The maximum atomic E-state index is 13.1. The Balaban J connectivity index is 1.61. The van der Waals surface area contributed by atoms with Gasteiger partial charge in [0.2, 0.25) is 5.91 Å². The predicted molar refractivity (Wildman–Crippen MR) is 123 cm³/mol. The summed E-state index contributed by atoms with van der Waals surface area (Å²) in [6, 6.07) is 12.3. The quantitative estimate of drug-likeness (QED) is 0.465. The molecule has 0 fully saturated rings. The SMILES string of the molecule is COc1ccc(NC(=O)Cn2cnc3scc(-c4ccc(Cl)cc4)c3c2=O)cc1OC. The van der Waals surface area contributed by atoms with Gasteiger partial charge in [-0.05, 0) is 29.8 Å². The highest BCUT2D eigenvalue weighted by Gasteiger charge is 2.15. The van der Waals surface area contributed by atoms with Crippen LogP contribution in [0, 0.1) is 0 Å². The number of ether oxygens (including phenoxy) is 2. The van der Waals surface area contributed by atoms with Gasteiger partial charge in [0, 0.05) is 27.7 Å². The Labute approximate surface area is 186 Å². The van der Waals surface area contributed by atoms with Crippen molar-refractivity contribution in [2.75, 3.05) is 19.5 Å². The first-order valence-electron chi connectivity index (χ1n) is 9.24. The first-order valence-corrected chi connectivity index (χ1v) is 10.5. The van der Waals surface area contributed by atoms with Crippen LogP contribution in [0.5, 0.6) is 11.5 Å². The van der Waals surface area contributed by atoms with Gasteiger partial charge in [0.1, 0.15) is 11.4 Å². The predicted octanol–water partition coefficient (Wildman–Crippen LogP) is 4.43. The van der Waals surface area contributed by atoms with Crippen molar-refractivity contribution in [1.82, 2.24) is 9.55 Å². The van der Waals surface area contributed by atoms with E-state index >= 15 is 0 Å². The van der Waals surface area contributed by atoms with E-state index < -0.39 is 0 Å². The Hall–Kier alpha value is -3.36. The van der Waals surface area contributed by atoms with Crippen LogP contribution in [-0.4, -0.2) is 29.7 Å². The second-order valence-corrected chi connectivity index (χ2v) is 7.93. The van der Waals surface area contributed by atoms with E-state index in [2.05, 4.69) is 10.3 Å². The third-order valence-corrected chi connectivity index (χ3v) is 5.84. The van der Waals surface area contributed by atoms with Crippen molar-refractivity contribution in [1.29, 1.82) is 0 Å². The molecule has 9 heteroatoms. The molecule has 0 saturated heterocycles. The van der Waals surface area contributed by atoms with Crippen LogP contribution in [0.2, 0.25) is 5.02 Å². The number of carbonyl (C=O) groups is 1. The van der Waals surface area contributed by atoms with Crippen molar-refractivity contribution < 1.29 is 14.3 Å². The Morgan fingerprint density at radius 3 is 2.58 bits per heavy atom. The number of nitrogens with one attached hydrogen (secondary N) is 1. The molecular weight excluding hydrogens is 438 g/mol. The van der Waals surface area contributed by atoms with E-state index in [9.17, 15) is 9.59 Å². The van der Waals surface area contributed by atoms with E-state index in [1.165, 1.54) is 36.5 Å². The smallest absolute Gasteiger partial charge is 0.263 e.